The molecule has 1 heteroatoms. The van der Waals surface area contributed by atoms with Gasteiger partial charge in [-0.25, -0.2) is 0 Å². The lowest BCUT2D eigenvalue weighted by Crippen LogP contribution is -2.40. The minimum atomic E-state index is 0.0439. The van der Waals surface area contributed by atoms with Gasteiger partial charge < -0.3 is 5.11 Å². The van der Waals surface area contributed by atoms with Crippen LogP contribution < -0.4 is 0 Å². The van der Waals surface area contributed by atoms with Crippen molar-refractivity contribution in [2.75, 3.05) is 0 Å². The Morgan fingerprint density at radius 2 is 1.62 bits per heavy atom. The van der Waals surface area contributed by atoms with Crippen LogP contribution >= 0.6 is 0 Å². The minimum Gasteiger partial charge on any atom is -0.393 e. The molecule has 4 bridgehead atoms. The van der Waals surface area contributed by atoms with Crippen molar-refractivity contribution in [3.63, 3.8) is 0 Å². The first-order chi connectivity index (χ1) is 7.84. The summed E-state index contributed by atoms with van der Waals surface area (Å²) in [6.45, 7) is 0. The lowest BCUT2D eigenvalue weighted by atomic mass is 9.64. The van der Waals surface area contributed by atoms with Gasteiger partial charge in [0.15, 0.2) is 0 Å². The standard InChI is InChI=1S/C15H18O/c16-13-5-7-4-12(13)15-11-6-10(14(7)15)8-2-1-3-9(8)11/h2-3,7-16H,4-6H2. The zero-order valence-corrected chi connectivity index (χ0v) is 9.42. The van der Waals surface area contributed by atoms with Crippen LogP contribution in [0.1, 0.15) is 19.3 Å². The normalized spacial score (nSPS) is 67.9. The first kappa shape index (κ1) is 8.55. The Hall–Kier alpha value is -0.520. The first-order valence-corrected chi connectivity index (χ1v) is 6.95. The second-order valence-corrected chi connectivity index (χ2v) is 6.84. The third kappa shape index (κ3) is 0.734. The minimum absolute atomic E-state index is 0.0439. The molecule has 0 aromatic heterocycles. The van der Waals surface area contributed by atoms with Crippen molar-refractivity contribution >= 4 is 0 Å². The van der Waals surface area contributed by atoms with Gasteiger partial charge in [-0.3, -0.25) is 0 Å². The van der Waals surface area contributed by atoms with Crippen molar-refractivity contribution in [3.05, 3.63) is 17.9 Å². The fourth-order valence-corrected chi connectivity index (χ4v) is 6.43. The van der Waals surface area contributed by atoms with E-state index < -0.39 is 0 Å². The maximum atomic E-state index is 10.1. The Kier molecular flexibility index (Phi) is 1.33. The fraction of sp³-hybridized carbons (Fsp3) is 0.800. The third-order valence-corrected chi connectivity index (χ3v) is 6.64. The van der Waals surface area contributed by atoms with Crippen molar-refractivity contribution in [1.29, 1.82) is 0 Å². The van der Waals surface area contributed by atoms with Crippen LogP contribution in [-0.2, 0) is 0 Å². The molecule has 0 saturated heterocycles. The highest BCUT2D eigenvalue weighted by atomic mass is 16.3. The highest BCUT2D eigenvalue weighted by Crippen LogP contribution is 2.71. The SMILES string of the molecule is OC1CC2CC1C1C3CC(C4C=C=CC43)C21. The fourth-order valence-electron chi connectivity index (χ4n) is 6.43. The summed E-state index contributed by atoms with van der Waals surface area (Å²) in [7, 11) is 0. The molecule has 4 saturated carbocycles. The van der Waals surface area contributed by atoms with E-state index in [1.54, 1.807) is 0 Å². The lowest BCUT2D eigenvalue weighted by Gasteiger charge is -2.41. The zero-order chi connectivity index (χ0) is 10.4. The van der Waals surface area contributed by atoms with E-state index in [-0.39, 0.29) is 6.10 Å². The molecule has 0 radical (unpaired) electrons. The first-order valence-electron chi connectivity index (χ1n) is 6.95. The Balaban J connectivity index is 1.60. The van der Waals surface area contributed by atoms with Gasteiger partial charge in [0.1, 0.15) is 0 Å². The summed E-state index contributed by atoms with van der Waals surface area (Å²) >= 11 is 0. The third-order valence-electron chi connectivity index (χ3n) is 6.64. The van der Waals surface area contributed by atoms with Gasteiger partial charge >= 0.3 is 0 Å². The molecule has 5 aliphatic rings. The number of rotatable bonds is 0. The average molecular weight is 214 g/mol. The van der Waals surface area contributed by atoms with Crippen molar-refractivity contribution in [1.82, 2.24) is 0 Å². The monoisotopic (exact) mass is 214 g/mol. The molecule has 1 nitrogen and oxygen atoms in total. The molecule has 0 heterocycles. The van der Waals surface area contributed by atoms with E-state index in [1.807, 2.05) is 0 Å². The molecule has 0 aromatic rings. The number of aliphatic hydroxyl groups excluding tert-OH is 1. The molecule has 4 fully saturated rings. The van der Waals surface area contributed by atoms with Crippen LogP contribution in [0.25, 0.3) is 0 Å². The Labute approximate surface area is 96.2 Å². The van der Waals surface area contributed by atoms with Gasteiger partial charge in [-0.15, -0.1) is 5.73 Å². The number of aliphatic hydroxyl groups is 1. The molecule has 16 heavy (non-hydrogen) atoms. The van der Waals surface area contributed by atoms with Crippen LogP contribution in [-0.4, -0.2) is 11.2 Å². The molecule has 0 amide bonds. The summed E-state index contributed by atoms with van der Waals surface area (Å²) in [6.07, 6.45) is 8.65. The maximum Gasteiger partial charge on any atom is 0.0574 e. The van der Waals surface area contributed by atoms with E-state index in [1.165, 1.54) is 12.8 Å². The summed E-state index contributed by atoms with van der Waals surface area (Å²) in [5.41, 5.74) is 3.36. The molecule has 5 rings (SSSR count). The largest absolute Gasteiger partial charge is 0.393 e. The zero-order valence-electron chi connectivity index (χ0n) is 9.42. The van der Waals surface area contributed by atoms with Gasteiger partial charge in [0, 0.05) is 0 Å². The summed E-state index contributed by atoms with van der Waals surface area (Å²) < 4.78 is 0. The van der Waals surface area contributed by atoms with Gasteiger partial charge in [0.05, 0.1) is 6.10 Å². The molecule has 84 valence electrons. The van der Waals surface area contributed by atoms with Crippen LogP contribution in [0.2, 0.25) is 0 Å². The average Bonchev–Trinajstić information content (AvgIpc) is 2.99. The number of fused-ring (bicyclic) bond motifs is 12. The van der Waals surface area contributed by atoms with Gasteiger partial charge in [-0.2, -0.15) is 0 Å². The Bertz CT molecular complexity index is 419. The summed E-state index contributed by atoms with van der Waals surface area (Å²) in [6, 6.07) is 0. The van der Waals surface area contributed by atoms with Crippen LogP contribution in [0.15, 0.2) is 17.9 Å². The van der Waals surface area contributed by atoms with Gasteiger partial charge in [0.25, 0.3) is 0 Å². The van der Waals surface area contributed by atoms with Gasteiger partial charge in [-0.05, 0) is 78.8 Å². The highest BCUT2D eigenvalue weighted by molar-refractivity contribution is 5.23. The van der Waals surface area contributed by atoms with Gasteiger partial charge in [0.2, 0.25) is 0 Å². The van der Waals surface area contributed by atoms with Crippen LogP contribution in [0, 0.1) is 47.3 Å². The highest BCUT2D eigenvalue weighted by Gasteiger charge is 2.66. The molecule has 1 N–H and O–H groups in total. The van der Waals surface area contributed by atoms with Crippen LogP contribution in [0.3, 0.4) is 0 Å². The molecule has 0 spiro atoms. The molecule has 9 unspecified atom stereocenters. The second-order valence-electron chi connectivity index (χ2n) is 6.84. The second kappa shape index (κ2) is 2.49. The van der Waals surface area contributed by atoms with Crippen molar-refractivity contribution in [2.24, 2.45) is 47.3 Å². The Morgan fingerprint density at radius 3 is 2.44 bits per heavy atom. The maximum absolute atomic E-state index is 10.1. The Morgan fingerprint density at radius 1 is 0.875 bits per heavy atom. The number of hydrogen-bond donors (Lipinski definition) is 1. The van der Waals surface area contributed by atoms with Crippen LogP contribution in [0.4, 0.5) is 0 Å². The van der Waals surface area contributed by atoms with Crippen molar-refractivity contribution in [3.8, 4) is 0 Å². The molecule has 0 aliphatic heterocycles. The smallest absolute Gasteiger partial charge is 0.0574 e. The van der Waals surface area contributed by atoms with E-state index in [2.05, 4.69) is 17.9 Å². The summed E-state index contributed by atoms with van der Waals surface area (Å²) in [5.74, 6) is 6.88. The van der Waals surface area contributed by atoms with Crippen LogP contribution in [0.5, 0.6) is 0 Å². The number of hydrogen-bond acceptors (Lipinski definition) is 1. The molecule has 9 atom stereocenters. The molecular weight excluding hydrogens is 196 g/mol. The van der Waals surface area contributed by atoms with E-state index >= 15 is 0 Å². The summed E-state index contributed by atoms with van der Waals surface area (Å²) in [4.78, 5) is 0. The van der Waals surface area contributed by atoms with Crippen molar-refractivity contribution < 1.29 is 5.11 Å². The van der Waals surface area contributed by atoms with E-state index in [9.17, 15) is 5.11 Å². The summed E-state index contributed by atoms with van der Waals surface area (Å²) in [5, 5.41) is 10.1. The predicted molar refractivity (Wildman–Crippen MR) is 60.4 cm³/mol. The molecule has 5 aliphatic carbocycles. The lowest BCUT2D eigenvalue weighted by molar-refractivity contribution is 0.0104. The molecular formula is C15H18O. The van der Waals surface area contributed by atoms with E-state index in [0.717, 1.165) is 47.8 Å². The van der Waals surface area contributed by atoms with E-state index in [0.29, 0.717) is 5.92 Å². The predicted octanol–water partition coefficient (Wildman–Crippen LogP) is 2.23. The van der Waals surface area contributed by atoms with E-state index in [4.69, 9.17) is 0 Å². The molecule has 0 aromatic carbocycles. The number of allylic oxidation sites excluding steroid dienone is 1. The van der Waals surface area contributed by atoms with Crippen molar-refractivity contribution in [2.45, 2.75) is 25.4 Å². The topological polar surface area (TPSA) is 20.2 Å². The quantitative estimate of drug-likeness (QED) is 0.484. The van der Waals surface area contributed by atoms with Gasteiger partial charge in [-0.1, -0.05) is 0 Å².